The molecule has 166 valence electrons. The number of nitrogen functional groups attached to an aromatic ring is 1. The summed E-state index contributed by atoms with van der Waals surface area (Å²) >= 11 is 0. The van der Waals surface area contributed by atoms with Gasteiger partial charge in [0.2, 0.25) is 5.89 Å². The van der Waals surface area contributed by atoms with Crippen LogP contribution in [0.3, 0.4) is 0 Å². The van der Waals surface area contributed by atoms with Gasteiger partial charge in [0, 0.05) is 42.9 Å². The Morgan fingerprint density at radius 2 is 1.61 bits per heavy atom. The van der Waals surface area contributed by atoms with Gasteiger partial charge in [-0.3, -0.25) is 4.79 Å². The summed E-state index contributed by atoms with van der Waals surface area (Å²) in [5.41, 5.74) is 9.22. The van der Waals surface area contributed by atoms with Crippen LogP contribution in [0, 0.1) is 0 Å². The van der Waals surface area contributed by atoms with Crippen LogP contribution in [0.5, 0.6) is 0 Å². The summed E-state index contributed by atoms with van der Waals surface area (Å²) in [4.78, 5) is 25.8. The van der Waals surface area contributed by atoms with E-state index in [9.17, 15) is 4.79 Å². The van der Waals surface area contributed by atoms with Crippen LogP contribution in [-0.4, -0.2) is 69.1 Å². The first kappa shape index (κ1) is 20.8. The number of benzene rings is 2. The number of piperazine rings is 1. The number of anilines is 1. The van der Waals surface area contributed by atoms with Gasteiger partial charge in [-0.2, -0.15) is 0 Å². The van der Waals surface area contributed by atoms with Gasteiger partial charge in [-0.25, -0.2) is 9.97 Å². The third-order valence-corrected chi connectivity index (χ3v) is 5.67. The fraction of sp³-hybridized carbons (Fsp3) is 0.208. The normalized spacial score (nSPS) is 14.4. The number of nitrogens with zero attached hydrogens (tertiary/aromatic N) is 6. The third-order valence-electron chi connectivity index (χ3n) is 5.67. The van der Waals surface area contributed by atoms with Gasteiger partial charge in [-0.05, 0) is 31.3 Å². The van der Waals surface area contributed by atoms with E-state index >= 15 is 0 Å². The van der Waals surface area contributed by atoms with Gasteiger partial charge in [-0.15, -0.1) is 10.2 Å². The maximum absolute atomic E-state index is 12.8. The van der Waals surface area contributed by atoms with Gasteiger partial charge >= 0.3 is 0 Å². The minimum absolute atomic E-state index is 0.0398. The van der Waals surface area contributed by atoms with E-state index in [4.69, 9.17) is 10.2 Å². The lowest BCUT2D eigenvalue weighted by molar-refractivity contribution is 0.0664. The first-order chi connectivity index (χ1) is 16.1. The van der Waals surface area contributed by atoms with Gasteiger partial charge in [0.1, 0.15) is 0 Å². The molecule has 0 saturated carbocycles. The second-order valence-corrected chi connectivity index (χ2v) is 7.94. The minimum atomic E-state index is 0.0398. The molecular formula is C24H23N7O2. The fourth-order valence-corrected chi connectivity index (χ4v) is 3.69. The van der Waals surface area contributed by atoms with E-state index < -0.39 is 0 Å². The van der Waals surface area contributed by atoms with Crippen LogP contribution >= 0.6 is 0 Å². The molecule has 1 aliphatic heterocycles. The highest BCUT2D eigenvalue weighted by Crippen LogP contribution is 2.28. The van der Waals surface area contributed by atoms with Crippen molar-refractivity contribution in [3.63, 3.8) is 0 Å². The van der Waals surface area contributed by atoms with Crippen molar-refractivity contribution in [2.24, 2.45) is 0 Å². The van der Waals surface area contributed by atoms with E-state index in [1.54, 1.807) is 6.20 Å². The van der Waals surface area contributed by atoms with Crippen molar-refractivity contribution in [2.45, 2.75) is 0 Å². The summed E-state index contributed by atoms with van der Waals surface area (Å²) in [5, 5.41) is 8.20. The molecule has 0 spiro atoms. The molecule has 1 fully saturated rings. The molecule has 9 heteroatoms. The quantitative estimate of drug-likeness (QED) is 0.514. The lowest BCUT2D eigenvalue weighted by atomic mass is 10.1. The van der Waals surface area contributed by atoms with Gasteiger partial charge in [0.15, 0.2) is 11.5 Å². The average Bonchev–Trinajstić information content (AvgIpc) is 3.35. The first-order valence-electron chi connectivity index (χ1n) is 10.7. The van der Waals surface area contributed by atoms with Crippen LogP contribution in [0.25, 0.3) is 34.3 Å². The number of carbonyl (C=O) groups excluding carboxylic acids is 1. The zero-order chi connectivity index (χ0) is 22.8. The zero-order valence-electron chi connectivity index (χ0n) is 18.2. The van der Waals surface area contributed by atoms with Crippen LogP contribution in [-0.2, 0) is 0 Å². The molecule has 33 heavy (non-hydrogen) atoms. The molecule has 5 rings (SSSR count). The van der Waals surface area contributed by atoms with Crippen LogP contribution in [0.2, 0.25) is 0 Å². The molecule has 0 unspecified atom stereocenters. The Labute approximate surface area is 190 Å². The summed E-state index contributed by atoms with van der Waals surface area (Å²) < 4.78 is 5.79. The van der Waals surface area contributed by atoms with E-state index in [0.29, 0.717) is 22.8 Å². The smallest absolute Gasteiger partial charge is 0.270 e. The molecule has 0 atom stereocenters. The van der Waals surface area contributed by atoms with Crippen molar-refractivity contribution < 1.29 is 9.21 Å². The molecule has 0 aliphatic carbocycles. The number of rotatable bonds is 4. The number of likely N-dealkylation sites (N-methyl/N-ethyl adjacent to an activating group) is 1. The molecule has 0 radical (unpaired) electrons. The van der Waals surface area contributed by atoms with Crippen LogP contribution in [0.15, 0.2) is 65.2 Å². The van der Waals surface area contributed by atoms with Crippen molar-refractivity contribution in [3.05, 3.63) is 66.4 Å². The van der Waals surface area contributed by atoms with Gasteiger partial charge in [0.05, 0.1) is 11.9 Å². The monoisotopic (exact) mass is 441 g/mol. The molecule has 0 bridgehead atoms. The Kier molecular flexibility index (Phi) is 5.54. The number of hydrogen-bond donors (Lipinski definition) is 1. The molecule has 2 aromatic heterocycles. The van der Waals surface area contributed by atoms with Gasteiger partial charge < -0.3 is 20.0 Å². The SMILES string of the molecule is CN1CCN(C(=O)c2ccc(-c3cnc(N)c(-c4nnc(-c5ccccc5)o4)n3)cc2)CC1. The maximum atomic E-state index is 12.8. The van der Waals surface area contributed by atoms with Crippen molar-refractivity contribution >= 4 is 11.7 Å². The topological polar surface area (TPSA) is 114 Å². The van der Waals surface area contributed by atoms with E-state index in [0.717, 1.165) is 37.3 Å². The van der Waals surface area contributed by atoms with Crippen molar-refractivity contribution in [3.8, 4) is 34.3 Å². The number of hydrogen-bond acceptors (Lipinski definition) is 8. The summed E-state index contributed by atoms with van der Waals surface area (Å²) in [7, 11) is 2.06. The van der Waals surface area contributed by atoms with Crippen LogP contribution < -0.4 is 5.73 Å². The molecule has 1 aliphatic rings. The summed E-state index contributed by atoms with van der Waals surface area (Å²) in [6.45, 7) is 3.24. The van der Waals surface area contributed by atoms with E-state index in [-0.39, 0.29) is 17.6 Å². The highest BCUT2D eigenvalue weighted by molar-refractivity contribution is 5.94. The number of amides is 1. The zero-order valence-corrected chi connectivity index (χ0v) is 18.2. The Bertz CT molecular complexity index is 1260. The summed E-state index contributed by atoms with van der Waals surface area (Å²) in [6, 6.07) is 16.8. The van der Waals surface area contributed by atoms with E-state index in [1.165, 1.54) is 0 Å². The highest BCUT2D eigenvalue weighted by Gasteiger charge is 2.21. The summed E-state index contributed by atoms with van der Waals surface area (Å²) in [5.74, 6) is 0.813. The largest absolute Gasteiger partial charge is 0.414 e. The average molecular weight is 441 g/mol. The molecule has 2 N–H and O–H groups in total. The number of nitrogens with two attached hydrogens (primary N) is 1. The predicted molar refractivity (Wildman–Crippen MR) is 124 cm³/mol. The van der Waals surface area contributed by atoms with E-state index in [1.807, 2.05) is 59.5 Å². The second kappa shape index (κ2) is 8.79. The maximum Gasteiger partial charge on any atom is 0.270 e. The van der Waals surface area contributed by atoms with Gasteiger partial charge in [0.25, 0.3) is 11.8 Å². The molecule has 3 heterocycles. The first-order valence-corrected chi connectivity index (χ1v) is 10.7. The van der Waals surface area contributed by atoms with Crippen LogP contribution in [0.1, 0.15) is 10.4 Å². The van der Waals surface area contributed by atoms with E-state index in [2.05, 4.69) is 32.1 Å². The summed E-state index contributed by atoms with van der Waals surface area (Å²) in [6.07, 6.45) is 1.59. The minimum Gasteiger partial charge on any atom is -0.414 e. The standard InChI is InChI=1S/C24H23N7O2/c1-30-11-13-31(14-12-30)24(32)18-9-7-16(8-10-18)19-15-26-21(25)20(27-19)23-29-28-22(33-23)17-5-3-2-4-6-17/h2-10,15H,11-14H2,1H3,(H2,25,26). The predicted octanol–water partition coefficient (Wildman–Crippen LogP) is 2.83. The molecule has 1 amide bonds. The number of carbonyl (C=O) groups is 1. The van der Waals surface area contributed by atoms with Crippen molar-refractivity contribution in [1.29, 1.82) is 0 Å². The molecular weight excluding hydrogens is 418 g/mol. The van der Waals surface area contributed by atoms with Crippen LogP contribution in [0.4, 0.5) is 5.82 Å². The lowest BCUT2D eigenvalue weighted by Crippen LogP contribution is -2.47. The second-order valence-electron chi connectivity index (χ2n) is 7.94. The Morgan fingerprint density at radius 1 is 0.909 bits per heavy atom. The van der Waals surface area contributed by atoms with Crippen molar-refractivity contribution in [2.75, 3.05) is 39.0 Å². The van der Waals surface area contributed by atoms with Gasteiger partial charge in [-0.1, -0.05) is 30.3 Å². The molecule has 1 saturated heterocycles. The third kappa shape index (κ3) is 4.31. The molecule has 2 aromatic carbocycles. The van der Waals surface area contributed by atoms with Crippen molar-refractivity contribution in [1.82, 2.24) is 30.0 Å². The molecule has 4 aromatic rings. The Hall–Kier alpha value is -4.11. The molecule has 9 nitrogen and oxygen atoms in total. The highest BCUT2D eigenvalue weighted by atomic mass is 16.4. The lowest BCUT2D eigenvalue weighted by Gasteiger charge is -2.32. The number of aromatic nitrogens is 4. The fourth-order valence-electron chi connectivity index (χ4n) is 3.69. The Balaban J connectivity index is 1.38. The Morgan fingerprint density at radius 3 is 2.33 bits per heavy atom.